The second kappa shape index (κ2) is 9.66. The molecule has 1 fully saturated rings. The van der Waals surface area contributed by atoms with E-state index in [-0.39, 0.29) is 24.7 Å². The number of hydrogen-bond donors (Lipinski definition) is 4. The number of aliphatic hydroxyl groups excluding tert-OH is 2. The fraction of sp³-hybridized carbons (Fsp3) is 0.318. The van der Waals surface area contributed by atoms with Gasteiger partial charge in [0.2, 0.25) is 0 Å². The fourth-order valence-corrected chi connectivity index (χ4v) is 3.41. The summed E-state index contributed by atoms with van der Waals surface area (Å²) in [5.41, 5.74) is 7.92. The number of hydrogen-bond acceptors (Lipinski definition) is 6. The quantitative estimate of drug-likeness (QED) is 0.523. The lowest BCUT2D eigenvalue weighted by Crippen LogP contribution is -2.50. The van der Waals surface area contributed by atoms with Crippen molar-refractivity contribution in [2.45, 2.75) is 31.2 Å². The van der Waals surface area contributed by atoms with Crippen LogP contribution in [-0.2, 0) is 16.1 Å². The third kappa shape index (κ3) is 5.24. The molecule has 1 aliphatic heterocycles. The minimum Gasteiger partial charge on any atom is -0.380 e. The van der Waals surface area contributed by atoms with Crippen molar-refractivity contribution in [1.82, 2.24) is 10.2 Å². The largest absolute Gasteiger partial charge is 0.380 e. The predicted octanol–water partition coefficient (Wildman–Crippen LogP) is 0.262. The first-order valence-corrected chi connectivity index (χ1v) is 9.77. The molecule has 3 atom stereocenters. The molecule has 31 heavy (non-hydrogen) atoms. The Labute approximate surface area is 178 Å². The Hall–Kier alpha value is -3.32. The van der Waals surface area contributed by atoms with E-state index in [9.17, 15) is 29.5 Å². The third-order valence-electron chi connectivity index (χ3n) is 5.19. The summed E-state index contributed by atoms with van der Waals surface area (Å²) in [4.78, 5) is 25.7. The van der Waals surface area contributed by atoms with Crippen molar-refractivity contribution in [3.8, 4) is 17.2 Å². The molecule has 3 rings (SSSR count). The van der Waals surface area contributed by atoms with Crippen molar-refractivity contribution in [3.05, 3.63) is 59.4 Å². The van der Waals surface area contributed by atoms with Gasteiger partial charge in [-0.3, -0.25) is 9.59 Å². The zero-order chi connectivity index (χ0) is 22.5. The fourth-order valence-electron chi connectivity index (χ4n) is 3.41. The van der Waals surface area contributed by atoms with Crippen molar-refractivity contribution in [2.75, 3.05) is 13.1 Å². The molecule has 0 spiro atoms. The summed E-state index contributed by atoms with van der Waals surface area (Å²) in [6.45, 7) is 0.706. The number of aliphatic hydroxyl groups is 2. The van der Waals surface area contributed by atoms with Gasteiger partial charge in [0.15, 0.2) is 12.2 Å². The van der Waals surface area contributed by atoms with E-state index in [0.717, 1.165) is 6.07 Å². The molecule has 0 aliphatic carbocycles. The first-order chi connectivity index (χ1) is 14.8. The Morgan fingerprint density at radius 2 is 1.94 bits per heavy atom. The maximum absolute atomic E-state index is 13.3. The summed E-state index contributed by atoms with van der Waals surface area (Å²) < 4.78 is 13.3. The zero-order valence-electron chi connectivity index (χ0n) is 16.7. The van der Waals surface area contributed by atoms with Crippen LogP contribution in [0.25, 0.3) is 11.1 Å². The van der Waals surface area contributed by atoms with Crippen LogP contribution >= 0.6 is 0 Å². The van der Waals surface area contributed by atoms with Gasteiger partial charge in [0.1, 0.15) is 5.82 Å². The molecule has 1 unspecified atom stereocenters. The third-order valence-corrected chi connectivity index (χ3v) is 5.19. The molecule has 0 radical (unpaired) electrons. The first kappa shape index (κ1) is 22.4. The summed E-state index contributed by atoms with van der Waals surface area (Å²) in [6.07, 6.45) is -3.17. The van der Waals surface area contributed by atoms with Crippen LogP contribution in [0.5, 0.6) is 0 Å². The highest BCUT2D eigenvalue weighted by Crippen LogP contribution is 2.24. The molecule has 8 nitrogen and oxygen atoms in total. The van der Waals surface area contributed by atoms with Crippen molar-refractivity contribution >= 4 is 11.8 Å². The summed E-state index contributed by atoms with van der Waals surface area (Å²) in [7, 11) is 0. The second-order valence-corrected chi connectivity index (χ2v) is 7.44. The van der Waals surface area contributed by atoms with Gasteiger partial charge in [0.05, 0.1) is 11.6 Å². The van der Waals surface area contributed by atoms with E-state index in [1.54, 1.807) is 24.3 Å². The SMILES string of the molecule is N#Cc1cc(F)ccc1-c1ccc(CNC(=O)[C@H](O)[C@@H](O)C(=O)N2CCC(N)C2)cc1. The lowest BCUT2D eigenvalue weighted by Gasteiger charge is -2.22. The van der Waals surface area contributed by atoms with E-state index in [1.807, 2.05) is 6.07 Å². The number of nitriles is 1. The van der Waals surface area contributed by atoms with E-state index >= 15 is 0 Å². The molecule has 1 heterocycles. The molecular formula is C22H23FN4O4. The van der Waals surface area contributed by atoms with Gasteiger partial charge >= 0.3 is 0 Å². The number of amides is 2. The van der Waals surface area contributed by atoms with Crippen LogP contribution in [0.3, 0.4) is 0 Å². The molecule has 2 aromatic rings. The Balaban J connectivity index is 1.58. The molecule has 1 saturated heterocycles. The van der Waals surface area contributed by atoms with Crippen LogP contribution in [0, 0.1) is 17.1 Å². The van der Waals surface area contributed by atoms with Gasteiger partial charge < -0.3 is 26.2 Å². The summed E-state index contributed by atoms with van der Waals surface area (Å²) >= 11 is 0. The average Bonchev–Trinajstić information content (AvgIpc) is 3.22. The van der Waals surface area contributed by atoms with Crippen LogP contribution < -0.4 is 11.1 Å². The van der Waals surface area contributed by atoms with Crippen LogP contribution in [0.4, 0.5) is 4.39 Å². The second-order valence-electron chi connectivity index (χ2n) is 7.44. The number of nitrogens with zero attached hydrogens (tertiary/aromatic N) is 2. The van der Waals surface area contributed by atoms with Gasteiger partial charge in [0.25, 0.3) is 11.8 Å². The van der Waals surface area contributed by atoms with Gasteiger partial charge in [-0.15, -0.1) is 0 Å². The maximum atomic E-state index is 13.3. The van der Waals surface area contributed by atoms with Crippen LogP contribution in [0.1, 0.15) is 17.5 Å². The smallest absolute Gasteiger partial charge is 0.254 e. The molecule has 0 aromatic heterocycles. The van der Waals surface area contributed by atoms with E-state index < -0.39 is 29.8 Å². The number of benzene rings is 2. The normalized spacial score (nSPS) is 17.6. The number of carbonyl (C=O) groups excluding carboxylic acids is 2. The predicted molar refractivity (Wildman–Crippen MR) is 110 cm³/mol. The summed E-state index contributed by atoms with van der Waals surface area (Å²) in [6, 6.07) is 12.6. The van der Waals surface area contributed by atoms with Crippen molar-refractivity contribution in [3.63, 3.8) is 0 Å². The molecule has 162 valence electrons. The molecule has 0 saturated carbocycles. The topological polar surface area (TPSA) is 140 Å². The number of halogens is 1. The minimum atomic E-state index is -1.90. The van der Waals surface area contributed by atoms with Gasteiger partial charge in [-0.1, -0.05) is 30.3 Å². The molecule has 0 bridgehead atoms. The number of rotatable bonds is 6. The Bertz CT molecular complexity index is 1010. The van der Waals surface area contributed by atoms with Crippen molar-refractivity contribution < 1.29 is 24.2 Å². The standard InChI is InChI=1S/C22H23FN4O4/c23-16-5-6-18(15(9-16)10-24)14-3-1-13(2-4-14)11-26-21(30)19(28)20(29)22(31)27-8-7-17(25)12-27/h1-6,9,17,19-20,28-29H,7-8,11-12,25H2,(H,26,30)/t17?,19-,20-/m1/s1. The molecule has 2 aromatic carbocycles. The van der Waals surface area contributed by atoms with Crippen molar-refractivity contribution in [2.24, 2.45) is 5.73 Å². The van der Waals surface area contributed by atoms with Gasteiger partial charge in [-0.25, -0.2) is 4.39 Å². The molecule has 1 aliphatic rings. The monoisotopic (exact) mass is 426 g/mol. The summed E-state index contributed by atoms with van der Waals surface area (Å²) in [5, 5.41) is 31.7. The minimum absolute atomic E-state index is 0.0558. The highest BCUT2D eigenvalue weighted by Gasteiger charge is 2.35. The Morgan fingerprint density at radius 1 is 1.23 bits per heavy atom. The molecular weight excluding hydrogens is 403 g/mol. The van der Waals surface area contributed by atoms with Gasteiger partial charge in [0, 0.05) is 25.7 Å². The van der Waals surface area contributed by atoms with E-state index in [0.29, 0.717) is 29.7 Å². The lowest BCUT2D eigenvalue weighted by atomic mass is 9.99. The highest BCUT2D eigenvalue weighted by molar-refractivity contribution is 5.90. The maximum Gasteiger partial charge on any atom is 0.254 e. The number of nitrogens with one attached hydrogen (secondary N) is 1. The number of carbonyl (C=O) groups is 2. The van der Waals surface area contributed by atoms with E-state index in [4.69, 9.17) is 5.73 Å². The van der Waals surface area contributed by atoms with E-state index in [2.05, 4.69) is 5.32 Å². The van der Waals surface area contributed by atoms with E-state index in [1.165, 1.54) is 17.0 Å². The van der Waals surface area contributed by atoms with Crippen molar-refractivity contribution in [1.29, 1.82) is 5.26 Å². The van der Waals surface area contributed by atoms with Gasteiger partial charge in [-0.05, 0) is 35.2 Å². The highest BCUT2D eigenvalue weighted by atomic mass is 19.1. The number of likely N-dealkylation sites (tertiary alicyclic amines) is 1. The Kier molecular flexibility index (Phi) is 6.97. The van der Waals surface area contributed by atoms with Crippen LogP contribution in [0.15, 0.2) is 42.5 Å². The van der Waals surface area contributed by atoms with Crippen LogP contribution in [-0.4, -0.2) is 58.3 Å². The number of nitrogens with two attached hydrogens (primary N) is 1. The lowest BCUT2D eigenvalue weighted by molar-refractivity contribution is -0.152. The van der Waals surface area contributed by atoms with Crippen LogP contribution in [0.2, 0.25) is 0 Å². The molecule has 5 N–H and O–H groups in total. The average molecular weight is 426 g/mol. The molecule has 2 amide bonds. The molecule has 9 heteroatoms. The first-order valence-electron chi connectivity index (χ1n) is 9.77. The zero-order valence-corrected chi connectivity index (χ0v) is 16.7. The summed E-state index contributed by atoms with van der Waals surface area (Å²) in [5.74, 6) is -2.10. The van der Waals surface area contributed by atoms with Gasteiger partial charge in [-0.2, -0.15) is 5.26 Å². The Morgan fingerprint density at radius 3 is 2.55 bits per heavy atom.